The fourth-order valence-electron chi connectivity index (χ4n) is 3.63. The molecule has 0 bridgehead atoms. The highest BCUT2D eigenvalue weighted by Crippen LogP contribution is 2.27. The van der Waals surface area contributed by atoms with E-state index in [4.69, 9.17) is 11.6 Å². The summed E-state index contributed by atoms with van der Waals surface area (Å²) in [4.78, 5) is 29.7. The normalized spacial score (nSPS) is 11.2. The van der Waals surface area contributed by atoms with Gasteiger partial charge in [0.05, 0.1) is 38.2 Å². The Balaban J connectivity index is 1.60. The SMILES string of the molecule is CN(C)CCN(C)c1cc(-n2ccccc2=O)ccc1-n1cc(CCC(=O)c2ccc(Cl)s2)nn1. The third-order valence-electron chi connectivity index (χ3n) is 5.60. The van der Waals surface area contributed by atoms with Crippen LogP contribution in [0.25, 0.3) is 11.4 Å². The molecule has 3 heterocycles. The maximum absolute atomic E-state index is 12.4. The zero-order valence-corrected chi connectivity index (χ0v) is 21.5. The minimum Gasteiger partial charge on any atom is -0.372 e. The zero-order valence-electron chi connectivity index (χ0n) is 19.9. The van der Waals surface area contributed by atoms with Gasteiger partial charge in [0.15, 0.2) is 5.78 Å². The summed E-state index contributed by atoms with van der Waals surface area (Å²) in [5, 5.41) is 8.62. The topological polar surface area (TPSA) is 76.3 Å². The third-order valence-corrected chi connectivity index (χ3v) is 6.87. The van der Waals surface area contributed by atoms with Gasteiger partial charge in [-0.2, -0.15) is 0 Å². The fourth-order valence-corrected chi connectivity index (χ4v) is 4.64. The molecule has 1 aromatic carbocycles. The summed E-state index contributed by atoms with van der Waals surface area (Å²) in [6, 6.07) is 14.4. The molecule has 8 nitrogen and oxygen atoms in total. The molecule has 0 unspecified atom stereocenters. The Bertz CT molecular complexity index is 1380. The van der Waals surface area contributed by atoms with E-state index >= 15 is 0 Å². The molecule has 4 aromatic rings. The van der Waals surface area contributed by atoms with Crippen LogP contribution in [0, 0.1) is 0 Å². The molecular formula is C25H27ClN6O2S. The van der Waals surface area contributed by atoms with Crippen LogP contribution in [0.2, 0.25) is 4.34 Å². The number of carbonyl (C=O) groups is 1. The van der Waals surface area contributed by atoms with Crippen molar-refractivity contribution in [2.75, 3.05) is 39.1 Å². The van der Waals surface area contributed by atoms with Crippen LogP contribution < -0.4 is 10.5 Å². The molecule has 0 aliphatic rings. The number of aromatic nitrogens is 4. The van der Waals surface area contributed by atoms with Gasteiger partial charge in [-0.05, 0) is 50.5 Å². The molecule has 0 saturated heterocycles. The van der Waals surface area contributed by atoms with Crippen LogP contribution in [-0.4, -0.2) is 64.5 Å². The second kappa shape index (κ2) is 11.0. The summed E-state index contributed by atoms with van der Waals surface area (Å²) >= 11 is 7.23. The van der Waals surface area contributed by atoms with Gasteiger partial charge in [0, 0.05) is 45.2 Å². The van der Waals surface area contributed by atoms with Gasteiger partial charge in [-0.25, -0.2) is 4.68 Å². The molecule has 0 spiro atoms. The predicted molar refractivity (Wildman–Crippen MR) is 141 cm³/mol. The number of carbonyl (C=O) groups excluding carboxylic acids is 1. The Hall–Kier alpha value is -3.27. The molecule has 0 N–H and O–H groups in total. The average molecular weight is 511 g/mol. The van der Waals surface area contributed by atoms with Crippen molar-refractivity contribution < 1.29 is 4.79 Å². The first kappa shape index (κ1) is 24.8. The number of halogens is 1. The standard InChI is InChI=1S/C25H27ClN6O2S/c1-29(2)14-15-30(3)21-16-19(31-13-5-4-6-25(31)34)8-9-20(21)32-17-18(27-28-32)7-10-22(33)23-11-12-24(26)35-23/h4-6,8-9,11-13,16-17H,7,10,14-15H2,1-3H3. The van der Waals surface area contributed by atoms with Crippen molar-refractivity contribution in [3.05, 3.63) is 86.2 Å². The molecule has 10 heteroatoms. The molecule has 3 aromatic heterocycles. The van der Waals surface area contributed by atoms with Crippen molar-refractivity contribution >= 4 is 34.4 Å². The lowest BCUT2D eigenvalue weighted by Gasteiger charge is -2.24. The number of likely N-dealkylation sites (N-methyl/N-ethyl adjacent to an activating group) is 2. The van der Waals surface area contributed by atoms with Crippen LogP contribution in [0.15, 0.2) is 65.7 Å². The Morgan fingerprint density at radius 2 is 1.91 bits per heavy atom. The van der Waals surface area contributed by atoms with E-state index in [0.717, 1.165) is 35.8 Å². The first-order valence-corrected chi connectivity index (χ1v) is 12.4. The largest absolute Gasteiger partial charge is 0.372 e. The van der Waals surface area contributed by atoms with Crippen LogP contribution >= 0.6 is 22.9 Å². The molecule has 0 radical (unpaired) electrons. The van der Waals surface area contributed by atoms with Gasteiger partial charge in [0.1, 0.15) is 0 Å². The van der Waals surface area contributed by atoms with Crippen LogP contribution in [0.5, 0.6) is 0 Å². The molecule has 0 aliphatic heterocycles. The van der Waals surface area contributed by atoms with Gasteiger partial charge in [0.2, 0.25) is 0 Å². The Labute approximate surface area is 213 Å². The van der Waals surface area contributed by atoms with Crippen molar-refractivity contribution in [3.8, 4) is 11.4 Å². The number of hydrogen-bond donors (Lipinski definition) is 0. The number of nitrogens with zero attached hydrogens (tertiary/aromatic N) is 6. The summed E-state index contributed by atoms with van der Waals surface area (Å²) < 4.78 is 3.94. The molecule has 0 atom stereocenters. The van der Waals surface area contributed by atoms with E-state index in [1.54, 1.807) is 39.7 Å². The minimum atomic E-state index is -0.0955. The monoisotopic (exact) mass is 510 g/mol. The summed E-state index contributed by atoms with van der Waals surface area (Å²) in [6.07, 6.45) is 4.42. The highest BCUT2D eigenvalue weighted by molar-refractivity contribution is 7.18. The smallest absolute Gasteiger partial charge is 0.255 e. The summed E-state index contributed by atoms with van der Waals surface area (Å²) in [7, 11) is 6.08. The zero-order chi connectivity index (χ0) is 24.9. The summed E-state index contributed by atoms with van der Waals surface area (Å²) in [5.41, 5.74) is 3.16. The second-order valence-electron chi connectivity index (χ2n) is 8.49. The molecular weight excluding hydrogens is 484 g/mol. The minimum absolute atomic E-state index is 0.0400. The maximum atomic E-state index is 12.4. The van der Waals surface area contributed by atoms with Gasteiger partial charge in [0.25, 0.3) is 5.56 Å². The van der Waals surface area contributed by atoms with Crippen LogP contribution in [-0.2, 0) is 6.42 Å². The number of hydrogen-bond acceptors (Lipinski definition) is 7. The number of anilines is 1. The summed E-state index contributed by atoms with van der Waals surface area (Å²) in [6.45, 7) is 1.65. The number of thiophene rings is 1. The molecule has 0 saturated carbocycles. The number of Topliss-reactive ketones (excluding diaryl/α,β-unsaturated/α-hetero) is 1. The molecule has 35 heavy (non-hydrogen) atoms. The molecule has 0 aliphatic carbocycles. The molecule has 4 rings (SSSR count). The van der Waals surface area contributed by atoms with Gasteiger partial charge in [-0.1, -0.05) is 22.9 Å². The predicted octanol–water partition coefficient (Wildman–Crippen LogP) is 3.95. The lowest BCUT2D eigenvalue weighted by molar-refractivity contribution is 0.0986. The lowest BCUT2D eigenvalue weighted by Crippen LogP contribution is -2.29. The Kier molecular flexibility index (Phi) is 7.80. The van der Waals surface area contributed by atoms with Crippen LogP contribution in [0.4, 0.5) is 5.69 Å². The van der Waals surface area contributed by atoms with Crippen molar-refractivity contribution in [1.82, 2.24) is 24.5 Å². The van der Waals surface area contributed by atoms with Crippen LogP contribution in [0.1, 0.15) is 21.8 Å². The third kappa shape index (κ3) is 6.05. The van der Waals surface area contributed by atoms with Crippen molar-refractivity contribution in [2.45, 2.75) is 12.8 Å². The van der Waals surface area contributed by atoms with E-state index in [-0.39, 0.29) is 11.3 Å². The molecule has 182 valence electrons. The number of aryl methyl sites for hydroxylation is 1. The first-order valence-electron chi connectivity index (χ1n) is 11.2. The summed E-state index contributed by atoms with van der Waals surface area (Å²) in [5.74, 6) is 0.0400. The van der Waals surface area contributed by atoms with E-state index in [1.165, 1.54) is 11.3 Å². The van der Waals surface area contributed by atoms with Gasteiger partial charge in [-0.3, -0.25) is 14.2 Å². The van der Waals surface area contributed by atoms with E-state index in [1.807, 2.05) is 51.6 Å². The van der Waals surface area contributed by atoms with E-state index in [9.17, 15) is 9.59 Å². The number of pyridine rings is 1. The van der Waals surface area contributed by atoms with Gasteiger partial charge >= 0.3 is 0 Å². The quantitative estimate of drug-likeness (QED) is 0.301. The second-order valence-corrected chi connectivity index (χ2v) is 10.2. The van der Waals surface area contributed by atoms with Crippen molar-refractivity contribution in [2.24, 2.45) is 0 Å². The van der Waals surface area contributed by atoms with Crippen molar-refractivity contribution in [3.63, 3.8) is 0 Å². The van der Waals surface area contributed by atoms with Gasteiger partial charge in [-0.15, -0.1) is 16.4 Å². The van der Waals surface area contributed by atoms with E-state index in [0.29, 0.717) is 22.1 Å². The lowest BCUT2D eigenvalue weighted by atomic mass is 10.1. The maximum Gasteiger partial charge on any atom is 0.255 e. The Morgan fingerprint density at radius 1 is 1.09 bits per heavy atom. The number of benzene rings is 1. The first-order chi connectivity index (χ1) is 16.8. The van der Waals surface area contributed by atoms with Crippen molar-refractivity contribution in [1.29, 1.82) is 0 Å². The number of ketones is 1. The Morgan fingerprint density at radius 3 is 2.63 bits per heavy atom. The van der Waals surface area contributed by atoms with E-state index in [2.05, 4.69) is 20.1 Å². The highest BCUT2D eigenvalue weighted by Gasteiger charge is 2.15. The van der Waals surface area contributed by atoms with Gasteiger partial charge < -0.3 is 9.80 Å². The average Bonchev–Trinajstić information content (AvgIpc) is 3.50. The molecule has 0 amide bonds. The fraction of sp³-hybridized carbons (Fsp3) is 0.280. The highest BCUT2D eigenvalue weighted by atomic mass is 35.5. The van der Waals surface area contributed by atoms with E-state index < -0.39 is 0 Å². The molecule has 0 fully saturated rings. The number of rotatable bonds is 10. The van der Waals surface area contributed by atoms with Crippen LogP contribution in [0.3, 0.4) is 0 Å².